The van der Waals surface area contributed by atoms with Crippen molar-refractivity contribution in [3.63, 3.8) is 0 Å². The second-order valence-electron chi connectivity index (χ2n) is 5.22. The number of carbonyl (C=O) groups is 1. The molecule has 1 atom stereocenters. The zero-order valence-electron chi connectivity index (χ0n) is 12.4. The summed E-state index contributed by atoms with van der Waals surface area (Å²) in [5.41, 5.74) is 3.85. The first-order valence-electron chi connectivity index (χ1n) is 7.06. The Morgan fingerprint density at radius 2 is 1.86 bits per heavy atom. The normalized spacial score (nSPS) is 17.6. The van der Waals surface area contributed by atoms with Crippen LogP contribution in [0.25, 0.3) is 0 Å². The molecule has 0 fully saturated rings. The van der Waals surface area contributed by atoms with Crippen LogP contribution in [0.1, 0.15) is 12.5 Å². The Bertz CT molecular complexity index is 765. The zero-order chi connectivity index (χ0) is 15.5. The highest BCUT2D eigenvalue weighted by molar-refractivity contribution is 6.15. The van der Waals surface area contributed by atoms with E-state index >= 15 is 0 Å². The van der Waals surface area contributed by atoms with Crippen LogP contribution in [0.5, 0.6) is 0 Å². The zero-order valence-corrected chi connectivity index (χ0v) is 12.4. The van der Waals surface area contributed by atoms with Gasteiger partial charge in [0.1, 0.15) is 0 Å². The standard InChI is InChI=1S/C17H16N4O/c1-11-8-9-14-15(10-11)19-17(22)16(12(2)18-14)21-20-13-6-4-3-5-7-13/h3-10,16H,1-2H3,(H,19,22)/t16-/m0/s1. The number of rotatable bonds is 2. The lowest BCUT2D eigenvalue weighted by atomic mass is 10.2. The van der Waals surface area contributed by atoms with E-state index in [-0.39, 0.29) is 5.91 Å². The van der Waals surface area contributed by atoms with Crippen LogP contribution in [0.4, 0.5) is 17.1 Å². The molecule has 1 amide bonds. The molecule has 5 nitrogen and oxygen atoms in total. The minimum atomic E-state index is -0.715. The van der Waals surface area contributed by atoms with Crippen LogP contribution in [0, 0.1) is 6.92 Å². The largest absolute Gasteiger partial charge is 0.322 e. The Morgan fingerprint density at radius 1 is 1.09 bits per heavy atom. The van der Waals surface area contributed by atoms with E-state index in [0.717, 1.165) is 11.3 Å². The Balaban J connectivity index is 1.91. The van der Waals surface area contributed by atoms with Crippen LogP contribution >= 0.6 is 0 Å². The van der Waals surface area contributed by atoms with Crippen LogP contribution in [0.2, 0.25) is 0 Å². The predicted octanol–water partition coefficient (Wildman–Crippen LogP) is 4.19. The monoisotopic (exact) mass is 292 g/mol. The van der Waals surface area contributed by atoms with E-state index in [9.17, 15) is 4.79 Å². The average molecular weight is 292 g/mol. The van der Waals surface area contributed by atoms with Crippen molar-refractivity contribution in [2.45, 2.75) is 19.9 Å². The van der Waals surface area contributed by atoms with Gasteiger partial charge in [0.2, 0.25) is 0 Å². The van der Waals surface area contributed by atoms with E-state index in [1.165, 1.54) is 0 Å². The fourth-order valence-corrected chi connectivity index (χ4v) is 2.24. The van der Waals surface area contributed by atoms with Gasteiger partial charge in [-0.1, -0.05) is 24.3 Å². The average Bonchev–Trinajstić information content (AvgIpc) is 2.62. The van der Waals surface area contributed by atoms with E-state index in [4.69, 9.17) is 0 Å². The van der Waals surface area contributed by atoms with Gasteiger partial charge in [0.15, 0.2) is 6.04 Å². The summed E-state index contributed by atoms with van der Waals surface area (Å²) < 4.78 is 0. The minimum Gasteiger partial charge on any atom is -0.322 e. The molecule has 1 N–H and O–H groups in total. The van der Waals surface area contributed by atoms with Gasteiger partial charge in [0, 0.05) is 0 Å². The molecule has 0 aromatic heterocycles. The highest BCUT2D eigenvalue weighted by Crippen LogP contribution is 2.29. The van der Waals surface area contributed by atoms with Gasteiger partial charge in [-0.25, -0.2) is 0 Å². The van der Waals surface area contributed by atoms with E-state index in [0.29, 0.717) is 17.1 Å². The van der Waals surface area contributed by atoms with E-state index < -0.39 is 6.04 Å². The first-order valence-corrected chi connectivity index (χ1v) is 7.06. The maximum atomic E-state index is 12.4. The van der Waals surface area contributed by atoms with Gasteiger partial charge >= 0.3 is 0 Å². The summed E-state index contributed by atoms with van der Waals surface area (Å²) in [6.45, 7) is 3.77. The Labute approximate surface area is 128 Å². The van der Waals surface area contributed by atoms with Gasteiger partial charge in [-0.2, -0.15) is 10.2 Å². The molecule has 1 aliphatic rings. The van der Waals surface area contributed by atoms with Gasteiger partial charge in [-0.15, -0.1) is 0 Å². The van der Waals surface area contributed by atoms with Gasteiger partial charge < -0.3 is 5.32 Å². The molecule has 1 heterocycles. The second kappa shape index (κ2) is 5.89. The van der Waals surface area contributed by atoms with E-state index in [1.807, 2.05) is 55.5 Å². The number of aryl methyl sites for hydroxylation is 1. The van der Waals surface area contributed by atoms with Crippen LogP contribution in [0.3, 0.4) is 0 Å². The minimum absolute atomic E-state index is 0.217. The Hall–Kier alpha value is -2.82. The van der Waals surface area contributed by atoms with Gasteiger partial charge in [-0.05, 0) is 43.7 Å². The molecule has 0 saturated carbocycles. The molecular formula is C17H16N4O. The molecule has 2 aromatic carbocycles. The lowest BCUT2D eigenvalue weighted by Gasteiger charge is -2.08. The van der Waals surface area contributed by atoms with Crippen molar-refractivity contribution in [1.29, 1.82) is 0 Å². The summed E-state index contributed by atoms with van der Waals surface area (Å²) >= 11 is 0. The molecule has 3 rings (SSSR count). The molecule has 0 spiro atoms. The topological polar surface area (TPSA) is 66.2 Å². The third-order valence-electron chi connectivity index (χ3n) is 3.40. The number of benzene rings is 2. The smallest absolute Gasteiger partial charge is 0.257 e. The van der Waals surface area contributed by atoms with Crippen LogP contribution in [-0.2, 0) is 4.79 Å². The number of azo groups is 1. The molecule has 0 saturated heterocycles. The summed E-state index contributed by atoms with van der Waals surface area (Å²) in [7, 11) is 0. The number of hydrogen-bond donors (Lipinski definition) is 1. The molecule has 0 bridgehead atoms. The summed E-state index contributed by atoms with van der Waals surface area (Å²) in [6.07, 6.45) is 0. The van der Waals surface area contributed by atoms with Crippen molar-refractivity contribution in [3.05, 3.63) is 54.1 Å². The quantitative estimate of drug-likeness (QED) is 0.828. The summed E-state index contributed by atoms with van der Waals surface area (Å²) in [5.74, 6) is -0.217. The first-order chi connectivity index (χ1) is 10.6. The Kier molecular flexibility index (Phi) is 3.78. The predicted molar refractivity (Wildman–Crippen MR) is 87.3 cm³/mol. The number of anilines is 1. The van der Waals surface area contributed by atoms with Crippen molar-refractivity contribution in [3.8, 4) is 0 Å². The number of hydrogen-bond acceptors (Lipinski definition) is 4. The molecule has 1 aliphatic heterocycles. The van der Waals surface area contributed by atoms with Crippen LogP contribution in [-0.4, -0.2) is 17.7 Å². The van der Waals surface area contributed by atoms with Crippen molar-refractivity contribution in [2.24, 2.45) is 15.2 Å². The molecule has 2 aromatic rings. The molecule has 22 heavy (non-hydrogen) atoms. The second-order valence-corrected chi connectivity index (χ2v) is 5.22. The van der Waals surface area contributed by atoms with Crippen molar-refractivity contribution in [2.75, 3.05) is 5.32 Å². The van der Waals surface area contributed by atoms with Crippen LogP contribution < -0.4 is 5.32 Å². The number of carbonyl (C=O) groups excluding carboxylic acids is 1. The number of amides is 1. The molecule has 0 unspecified atom stereocenters. The summed E-state index contributed by atoms with van der Waals surface area (Å²) in [6, 6.07) is 14.4. The number of nitrogens with zero attached hydrogens (tertiary/aromatic N) is 3. The number of nitrogens with one attached hydrogen (secondary N) is 1. The van der Waals surface area contributed by atoms with Gasteiger partial charge in [-0.3, -0.25) is 9.79 Å². The third kappa shape index (κ3) is 2.93. The van der Waals surface area contributed by atoms with Gasteiger partial charge in [0.05, 0.1) is 22.8 Å². The van der Waals surface area contributed by atoms with Crippen molar-refractivity contribution < 1.29 is 4.79 Å². The van der Waals surface area contributed by atoms with E-state index in [2.05, 4.69) is 20.5 Å². The van der Waals surface area contributed by atoms with Crippen molar-refractivity contribution in [1.82, 2.24) is 0 Å². The lowest BCUT2D eigenvalue weighted by molar-refractivity contribution is -0.116. The highest BCUT2D eigenvalue weighted by Gasteiger charge is 2.25. The molecule has 0 radical (unpaired) electrons. The fraction of sp³-hybridized carbons (Fsp3) is 0.176. The molecule has 110 valence electrons. The maximum absolute atomic E-state index is 12.4. The number of fused-ring (bicyclic) bond motifs is 1. The molecule has 5 heteroatoms. The Morgan fingerprint density at radius 3 is 2.64 bits per heavy atom. The SMILES string of the molecule is CC1=Nc2ccc(C)cc2NC(=O)[C@H]1N=Nc1ccccc1. The highest BCUT2D eigenvalue weighted by atomic mass is 16.2. The van der Waals surface area contributed by atoms with Crippen LogP contribution in [0.15, 0.2) is 63.8 Å². The lowest BCUT2D eigenvalue weighted by Crippen LogP contribution is -2.30. The molecular weight excluding hydrogens is 276 g/mol. The summed E-state index contributed by atoms with van der Waals surface area (Å²) in [4.78, 5) is 16.9. The number of aliphatic imine (C=N–C) groups is 1. The maximum Gasteiger partial charge on any atom is 0.257 e. The van der Waals surface area contributed by atoms with Gasteiger partial charge in [0.25, 0.3) is 5.91 Å². The third-order valence-corrected chi connectivity index (χ3v) is 3.40. The fourth-order valence-electron chi connectivity index (χ4n) is 2.24. The van der Waals surface area contributed by atoms with E-state index in [1.54, 1.807) is 6.92 Å². The molecule has 0 aliphatic carbocycles. The summed E-state index contributed by atoms with van der Waals surface area (Å²) in [5, 5.41) is 11.2. The first kappa shape index (κ1) is 14.1. The van der Waals surface area contributed by atoms with Crippen molar-refractivity contribution >= 4 is 28.7 Å².